The molecular formula is C16H34N4O. The quantitative estimate of drug-likeness (QED) is 0.311. The van der Waals surface area contributed by atoms with Crippen molar-refractivity contribution in [2.24, 2.45) is 10.9 Å². The summed E-state index contributed by atoms with van der Waals surface area (Å²) in [6.07, 6.45) is 6.33. The van der Waals surface area contributed by atoms with E-state index in [2.05, 4.69) is 34.8 Å². The molecule has 5 heteroatoms. The Kier molecular flexibility index (Phi) is 12.9. The molecule has 5 nitrogen and oxygen atoms in total. The van der Waals surface area contributed by atoms with Crippen LogP contribution in [0.25, 0.3) is 0 Å². The van der Waals surface area contributed by atoms with Crippen molar-refractivity contribution in [2.45, 2.75) is 59.8 Å². The van der Waals surface area contributed by atoms with Crippen molar-refractivity contribution >= 4 is 11.9 Å². The van der Waals surface area contributed by atoms with Gasteiger partial charge in [-0.05, 0) is 26.2 Å². The van der Waals surface area contributed by atoms with Crippen molar-refractivity contribution < 1.29 is 4.79 Å². The number of rotatable bonds is 11. The standard InChI is InChI=1S/C16H34N4O/c1-5-17-15(21)13-20-16(18-6-2)19-12-10-8-7-9-11-14(3)4/h14H,5-13H2,1-4H3,(H,17,21)(H2,18,19,20). The fraction of sp³-hybridized carbons (Fsp3) is 0.875. The number of carbonyl (C=O) groups is 1. The van der Waals surface area contributed by atoms with Gasteiger partial charge in [0.2, 0.25) is 5.91 Å². The summed E-state index contributed by atoms with van der Waals surface area (Å²) in [5.74, 6) is 1.50. The van der Waals surface area contributed by atoms with Crippen molar-refractivity contribution in [3.63, 3.8) is 0 Å². The Morgan fingerprint density at radius 2 is 1.62 bits per heavy atom. The van der Waals surface area contributed by atoms with Gasteiger partial charge in [0.25, 0.3) is 0 Å². The minimum Gasteiger partial charge on any atom is -0.357 e. The molecule has 0 heterocycles. The number of likely N-dealkylation sites (N-methyl/N-ethyl adjacent to an activating group) is 1. The van der Waals surface area contributed by atoms with Crippen molar-refractivity contribution in [3.8, 4) is 0 Å². The fourth-order valence-electron chi connectivity index (χ4n) is 1.98. The number of carbonyl (C=O) groups excluding carboxylic acids is 1. The Bertz CT molecular complexity index is 290. The van der Waals surface area contributed by atoms with Crippen LogP contribution in [0.4, 0.5) is 0 Å². The number of amides is 1. The minimum absolute atomic E-state index is 0.0385. The third-order valence-electron chi connectivity index (χ3n) is 3.10. The van der Waals surface area contributed by atoms with E-state index in [1.165, 1.54) is 25.7 Å². The van der Waals surface area contributed by atoms with E-state index in [0.717, 1.165) is 31.4 Å². The van der Waals surface area contributed by atoms with Gasteiger partial charge < -0.3 is 16.0 Å². The summed E-state index contributed by atoms with van der Waals surface area (Å²) in [5.41, 5.74) is 0. The molecule has 0 aliphatic heterocycles. The summed E-state index contributed by atoms with van der Waals surface area (Å²) in [5, 5.41) is 9.17. The predicted molar refractivity (Wildman–Crippen MR) is 90.6 cm³/mol. The molecule has 0 rings (SSSR count). The smallest absolute Gasteiger partial charge is 0.241 e. The van der Waals surface area contributed by atoms with Crippen LogP contribution in [0.2, 0.25) is 0 Å². The molecule has 3 N–H and O–H groups in total. The minimum atomic E-state index is -0.0385. The molecule has 0 aliphatic rings. The zero-order valence-corrected chi connectivity index (χ0v) is 14.3. The second-order valence-corrected chi connectivity index (χ2v) is 5.67. The molecule has 0 unspecified atom stereocenters. The molecule has 0 saturated heterocycles. The van der Waals surface area contributed by atoms with Crippen LogP contribution in [0.5, 0.6) is 0 Å². The molecular weight excluding hydrogens is 264 g/mol. The Labute approximate surface area is 130 Å². The highest BCUT2D eigenvalue weighted by Crippen LogP contribution is 2.08. The van der Waals surface area contributed by atoms with Crippen molar-refractivity contribution in [2.75, 3.05) is 26.2 Å². The van der Waals surface area contributed by atoms with Crippen LogP contribution < -0.4 is 16.0 Å². The monoisotopic (exact) mass is 298 g/mol. The molecule has 0 fully saturated rings. The summed E-state index contributed by atoms with van der Waals surface area (Å²) in [7, 11) is 0. The molecule has 0 bridgehead atoms. The lowest BCUT2D eigenvalue weighted by molar-refractivity contribution is -0.119. The van der Waals surface area contributed by atoms with Crippen molar-refractivity contribution in [1.29, 1.82) is 0 Å². The van der Waals surface area contributed by atoms with E-state index >= 15 is 0 Å². The van der Waals surface area contributed by atoms with Gasteiger partial charge in [0, 0.05) is 19.6 Å². The fourth-order valence-corrected chi connectivity index (χ4v) is 1.98. The molecule has 0 aromatic heterocycles. The maximum atomic E-state index is 11.4. The maximum Gasteiger partial charge on any atom is 0.241 e. The highest BCUT2D eigenvalue weighted by molar-refractivity contribution is 5.84. The summed E-state index contributed by atoms with van der Waals surface area (Å²) in [6.45, 7) is 11.0. The number of nitrogens with zero attached hydrogens (tertiary/aromatic N) is 1. The average molecular weight is 298 g/mol. The maximum absolute atomic E-state index is 11.4. The van der Waals surface area contributed by atoms with E-state index in [1.54, 1.807) is 0 Å². The van der Waals surface area contributed by atoms with Crippen molar-refractivity contribution in [3.05, 3.63) is 0 Å². The van der Waals surface area contributed by atoms with E-state index in [-0.39, 0.29) is 12.5 Å². The normalized spacial score (nSPS) is 11.6. The molecule has 0 radical (unpaired) electrons. The highest BCUT2D eigenvalue weighted by Gasteiger charge is 2.00. The first-order valence-electron chi connectivity index (χ1n) is 8.39. The highest BCUT2D eigenvalue weighted by atomic mass is 16.1. The number of aliphatic imine (C=N–C) groups is 1. The van der Waals surface area contributed by atoms with Gasteiger partial charge in [-0.1, -0.05) is 39.5 Å². The van der Waals surface area contributed by atoms with E-state index in [1.807, 2.05) is 13.8 Å². The average Bonchev–Trinajstić information content (AvgIpc) is 2.43. The number of hydrogen-bond donors (Lipinski definition) is 3. The Balaban J connectivity index is 3.78. The van der Waals surface area contributed by atoms with E-state index in [4.69, 9.17) is 0 Å². The molecule has 0 spiro atoms. The second kappa shape index (κ2) is 13.7. The van der Waals surface area contributed by atoms with Crippen LogP contribution in [0.1, 0.15) is 59.8 Å². The molecule has 0 saturated carbocycles. The lowest BCUT2D eigenvalue weighted by atomic mass is 10.0. The van der Waals surface area contributed by atoms with Gasteiger partial charge in [0.05, 0.1) is 0 Å². The van der Waals surface area contributed by atoms with Gasteiger partial charge in [-0.15, -0.1) is 0 Å². The molecule has 21 heavy (non-hydrogen) atoms. The number of hydrogen-bond acceptors (Lipinski definition) is 2. The van der Waals surface area contributed by atoms with Gasteiger partial charge in [0.15, 0.2) is 5.96 Å². The van der Waals surface area contributed by atoms with Gasteiger partial charge in [-0.25, -0.2) is 4.99 Å². The van der Waals surface area contributed by atoms with Gasteiger partial charge >= 0.3 is 0 Å². The van der Waals surface area contributed by atoms with Crippen LogP contribution in [0.15, 0.2) is 4.99 Å². The van der Waals surface area contributed by atoms with E-state index in [0.29, 0.717) is 6.54 Å². The number of unbranched alkanes of at least 4 members (excludes halogenated alkanes) is 3. The van der Waals surface area contributed by atoms with Crippen LogP contribution >= 0.6 is 0 Å². The van der Waals surface area contributed by atoms with Crippen molar-refractivity contribution in [1.82, 2.24) is 16.0 Å². The first-order valence-corrected chi connectivity index (χ1v) is 8.39. The summed E-state index contributed by atoms with van der Waals surface area (Å²) >= 11 is 0. The summed E-state index contributed by atoms with van der Waals surface area (Å²) < 4.78 is 0. The predicted octanol–water partition coefficient (Wildman–Crippen LogP) is 2.28. The molecule has 0 atom stereocenters. The lowest BCUT2D eigenvalue weighted by Gasteiger charge is -2.11. The zero-order chi connectivity index (χ0) is 15.9. The SMILES string of the molecule is CCNC(=O)CN=C(NCC)NCCCCCCC(C)C. The topological polar surface area (TPSA) is 65.5 Å². The van der Waals surface area contributed by atoms with Crippen LogP contribution in [0, 0.1) is 5.92 Å². The largest absolute Gasteiger partial charge is 0.357 e. The summed E-state index contributed by atoms with van der Waals surface area (Å²) in [6, 6.07) is 0. The Morgan fingerprint density at radius 3 is 2.24 bits per heavy atom. The molecule has 0 aliphatic carbocycles. The first kappa shape index (κ1) is 19.7. The zero-order valence-electron chi connectivity index (χ0n) is 14.3. The third-order valence-corrected chi connectivity index (χ3v) is 3.10. The van der Waals surface area contributed by atoms with E-state index in [9.17, 15) is 4.79 Å². The third kappa shape index (κ3) is 13.5. The van der Waals surface area contributed by atoms with Crippen LogP contribution in [-0.2, 0) is 4.79 Å². The molecule has 0 aromatic carbocycles. The Hall–Kier alpha value is -1.26. The first-order chi connectivity index (χ1) is 10.1. The second-order valence-electron chi connectivity index (χ2n) is 5.67. The number of nitrogens with one attached hydrogen (secondary N) is 3. The van der Waals surface area contributed by atoms with Crippen LogP contribution in [0.3, 0.4) is 0 Å². The number of guanidine groups is 1. The van der Waals surface area contributed by atoms with Gasteiger partial charge in [0.1, 0.15) is 6.54 Å². The van der Waals surface area contributed by atoms with E-state index < -0.39 is 0 Å². The molecule has 0 aromatic rings. The summed E-state index contributed by atoms with van der Waals surface area (Å²) in [4.78, 5) is 15.7. The van der Waals surface area contributed by atoms with Gasteiger partial charge in [-0.2, -0.15) is 0 Å². The van der Waals surface area contributed by atoms with Crippen LogP contribution in [-0.4, -0.2) is 38.0 Å². The Morgan fingerprint density at radius 1 is 0.952 bits per heavy atom. The molecule has 124 valence electrons. The lowest BCUT2D eigenvalue weighted by Crippen LogP contribution is -2.39. The van der Waals surface area contributed by atoms with Gasteiger partial charge in [-0.3, -0.25) is 4.79 Å². The molecule has 1 amide bonds.